The molecule has 15 heavy (non-hydrogen) atoms. The third kappa shape index (κ3) is 3.57. The van der Waals surface area contributed by atoms with E-state index in [-0.39, 0.29) is 11.3 Å². The zero-order valence-corrected chi connectivity index (χ0v) is 7.58. The second-order valence-electron chi connectivity index (χ2n) is 2.92. The van der Waals surface area contributed by atoms with Crippen molar-refractivity contribution in [2.24, 2.45) is 0 Å². The second-order valence-corrected chi connectivity index (χ2v) is 2.92. The molecule has 6 heteroatoms. The maximum Gasteiger partial charge on any atom is 0.389 e. The molecule has 1 aromatic heterocycles. The molecule has 0 spiro atoms. The number of halogens is 3. The van der Waals surface area contributed by atoms with Gasteiger partial charge in [0.05, 0.1) is 11.3 Å². The number of carboxylic acids is 1. The van der Waals surface area contributed by atoms with Gasteiger partial charge in [0, 0.05) is 12.6 Å². The molecule has 0 fully saturated rings. The van der Waals surface area contributed by atoms with Crippen molar-refractivity contribution < 1.29 is 23.1 Å². The van der Waals surface area contributed by atoms with Crippen molar-refractivity contribution in [1.29, 1.82) is 0 Å². The first kappa shape index (κ1) is 11.5. The van der Waals surface area contributed by atoms with Crippen LogP contribution in [0.3, 0.4) is 0 Å². The van der Waals surface area contributed by atoms with Crippen LogP contribution in [0.15, 0.2) is 18.3 Å². The summed E-state index contributed by atoms with van der Waals surface area (Å²) in [5.41, 5.74) is -0.218. The van der Waals surface area contributed by atoms with Crippen LogP contribution < -0.4 is 0 Å². The smallest absolute Gasteiger partial charge is 0.389 e. The number of carbonyl (C=O) groups is 1. The summed E-state index contributed by atoms with van der Waals surface area (Å²) in [6.07, 6.45) is -4.50. The number of alkyl halides is 3. The van der Waals surface area contributed by atoms with Crippen LogP contribution >= 0.6 is 0 Å². The lowest BCUT2D eigenvalue weighted by atomic mass is 10.1. The highest BCUT2D eigenvalue weighted by Crippen LogP contribution is 2.22. The Bertz CT molecular complexity index is 363. The van der Waals surface area contributed by atoms with E-state index in [0.717, 1.165) is 0 Å². The Morgan fingerprint density at radius 1 is 1.47 bits per heavy atom. The van der Waals surface area contributed by atoms with E-state index in [1.54, 1.807) is 0 Å². The van der Waals surface area contributed by atoms with Gasteiger partial charge >= 0.3 is 12.1 Å². The van der Waals surface area contributed by atoms with E-state index in [1.807, 2.05) is 0 Å². The zero-order valence-electron chi connectivity index (χ0n) is 7.58. The number of aromatic nitrogens is 1. The van der Waals surface area contributed by atoms with Crippen molar-refractivity contribution >= 4 is 5.97 Å². The predicted molar refractivity (Wildman–Crippen MR) is 45.6 cm³/mol. The molecule has 0 saturated heterocycles. The Kier molecular flexibility index (Phi) is 3.28. The quantitative estimate of drug-likeness (QED) is 0.848. The highest BCUT2D eigenvalue weighted by molar-refractivity contribution is 5.88. The molecule has 0 unspecified atom stereocenters. The minimum absolute atomic E-state index is 0.0395. The Morgan fingerprint density at radius 2 is 2.13 bits per heavy atom. The summed E-state index contributed by atoms with van der Waals surface area (Å²) in [5, 5.41) is 8.67. The third-order valence-electron chi connectivity index (χ3n) is 1.77. The second kappa shape index (κ2) is 4.29. The normalized spacial score (nSPS) is 11.4. The molecule has 1 aromatic rings. The number of hydrogen-bond donors (Lipinski definition) is 1. The summed E-state index contributed by atoms with van der Waals surface area (Å²) >= 11 is 0. The Labute approximate surface area is 83.6 Å². The first-order valence-corrected chi connectivity index (χ1v) is 4.14. The molecule has 0 aliphatic rings. The highest BCUT2D eigenvalue weighted by atomic mass is 19.4. The van der Waals surface area contributed by atoms with Crippen molar-refractivity contribution in [2.75, 3.05) is 0 Å². The molecule has 0 aromatic carbocycles. The minimum Gasteiger partial charge on any atom is -0.478 e. The highest BCUT2D eigenvalue weighted by Gasteiger charge is 2.27. The fourth-order valence-electron chi connectivity index (χ4n) is 1.09. The third-order valence-corrected chi connectivity index (χ3v) is 1.77. The van der Waals surface area contributed by atoms with Gasteiger partial charge in [-0.3, -0.25) is 4.98 Å². The number of nitrogens with zero attached hydrogens (tertiary/aromatic N) is 1. The Morgan fingerprint density at radius 3 is 2.67 bits per heavy atom. The van der Waals surface area contributed by atoms with E-state index in [1.165, 1.54) is 18.3 Å². The summed E-state index contributed by atoms with van der Waals surface area (Å²) in [5.74, 6) is -1.26. The van der Waals surface area contributed by atoms with Crippen LogP contribution in [0.4, 0.5) is 13.2 Å². The number of pyridine rings is 1. The Hall–Kier alpha value is -1.59. The van der Waals surface area contributed by atoms with Gasteiger partial charge in [-0.05, 0) is 18.6 Å². The molecule has 0 bridgehead atoms. The van der Waals surface area contributed by atoms with Crippen molar-refractivity contribution in [3.05, 3.63) is 29.6 Å². The maximum atomic E-state index is 11.9. The number of aryl methyl sites for hydroxylation is 1. The van der Waals surface area contributed by atoms with Gasteiger partial charge in [0.15, 0.2) is 0 Å². The van der Waals surface area contributed by atoms with Crippen LogP contribution in [0.2, 0.25) is 0 Å². The van der Waals surface area contributed by atoms with Crippen LogP contribution in [-0.2, 0) is 6.42 Å². The zero-order chi connectivity index (χ0) is 11.5. The van der Waals surface area contributed by atoms with Gasteiger partial charge < -0.3 is 5.11 Å². The van der Waals surface area contributed by atoms with Gasteiger partial charge in [-0.15, -0.1) is 0 Å². The van der Waals surface area contributed by atoms with E-state index in [2.05, 4.69) is 4.98 Å². The molecule has 0 atom stereocenters. The molecule has 1 rings (SSSR count). The number of carboxylic acid groups (broad SMARTS) is 1. The molecular formula is C9H8F3NO2. The van der Waals surface area contributed by atoms with Crippen molar-refractivity contribution in [1.82, 2.24) is 4.98 Å². The van der Waals surface area contributed by atoms with Gasteiger partial charge in [-0.1, -0.05) is 0 Å². The maximum absolute atomic E-state index is 11.9. The standard InChI is InChI=1S/C9H8F3NO2/c10-9(11,12)4-3-7-6(8(14)15)2-1-5-13-7/h1-2,5H,3-4H2,(H,14,15). The van der Waals surface area contributed by atoms with Gasteiger partial charge in [-0.2, -0.15) is 13.2 Å². The summed E-state index contributed by atoms with van der Waals surface area (Å²) in [6, 6.07) is 2.61. The van der Waals surface area contributed by atoms with Crippen LogP contribution in [0.5, 0.6) is 0 Å². The van der Waals surface area contributed by atoms with Crippen LogP contribution in [-0.4, -0.2) is 22.2 Å². The molecule has 0 aliphatic heterocycles. The van der Waals surface area contributed by atoms with Gasteiger partial charge in [0.25, 0.3) is 0 Å². The summed E-state index contributed by atoms with van der Waals surface area (Å²) < 4.78 is 35.7. The van der Waals surface area contributed by atoms with Gasteiger partial charge in [0.2, 0.25) is 0 Å². The van der Waals surface area contributed by atoms with E-state index in [0.29, 0.717) is 0 Å². The molecule has 1 N–H and O–H groups in total. The van der Waals surface area contributed by atoms with E-state index in [9.17, 15) is 18.0 Å². The topological polar surface area (TPSA) is 50.2 Å². The molecule has 0 radical (unpaired) electrons. The summed E-state index contributed by atoms with van der Waals surface area (Å²) in [4.78, 5) is 14.2. The van der Waals surface area contributed by atoms with E-state index in [4.69, 9.17) is 5.11 Å². The fourth-order valence-corrected chi connectivity index (χ4v) is 1.09. The largest absolute Gasteiger partial charge is 0.478 e. The summed E-state index contributed by atoms with van der Waals surface area (Å²) in [7, 11) is 0. The van der Waals surface area contributed by atoms with Crippen LogP contribution in [0.1, 0.15) is 22.5 Å². The molecule has 3 nitrogen and oxygen atoms in total. The average Bonchev–Trinajstić information content (AvgIpc) is 2.14. The van der Waals surface area contributed by atoms with Gasteiger partial charge in [-0.25, -0.2) is 4.79 Å². The molecule has 0 amide bonds. The molecule has 82 valence electrons. The minimum atomic E-state index is -4.30. The molecule has 1 heterocycles. The fraction of sp³-hybridized carbons (Fsp3) is 0.333. The number of hydrogen-bond acceptors (Lipinski definition) is 2. The summed E-state index contributed by atoms with van der Waals surface area (Å²) in [6.45, 7) is 0. The first-order valence-electron chi connectivity index (χ1n) is 4.14. The van der Waals surface area contributed by atoms with E-state index >= 15 is 0 Å². The number of aromatic carboxylic acids is 1. The molecular weight excluding hydrogens is 211 g/mol. The average molecular weight is 219 g/mol. The SMILES string of the molecule is O=C(O)c1cccnc1CCC(F)(F)F. The van der Waals surface area contributed by atoms with Crippen LogP contribution in [0, 0.1) is 0 Å². The predicted octanol–water partition coefficient (Wildman–Crippen LogP) is 2.27. The Balaban J connectivity index is 2.81. The number of rotatable bonds is 3. The lowest BCUT2D eigenvalue weighted by molar-refractivity contribution is -0.134. The van der Waals surface area contributed by atoms with E-state index < -0.39 is 25.0 Å². The lowest BCUT2D eigenvalue weighted by Gasteiger charge is -2.07. The monoisotopic (exact) mass is 219 g/mol. The molecule has 0 saturated carbocycles. The van der Waals surface area contributed by atoms with Gasteiger partial charge in [0.1, 0.15) is 0 Å². The van der Waals surface area contributed by atoms with Crippen molar-refractivity contribution in [3.8, 4) is 0 Å². The van der Waals surface area contributed by atoms with Crippen molar-refractivity contribution in [3.63, 3.8) is 0 Å². The van der Waals surface area contributed by atoms with Crippen LogP contribution in [0.25, 0.3) is 0 Å². The molecule has 0 aliphatic carbocycles. The first-order chi connectivity index (χ1) is 6.90. The van der Waals surface area contributed by atoms with Crippen molar-refractivity contribution in [2.45, 2.75) is 19.0 Å². The lowest BCUT2D eigenvalue weighted by Crippen LogP contribution is -2.12.